The fourth-order valence-corrected chi connectivity index (χ4v) is 2.26. The van der Waals surface area contributed by atoms with E-state index in [0.29, 0.717) is 12.1 Å². The molecule has 1 N–H and O–H groups in total. The van der Waals surface area contributed by atoms with Crippen molar-refractivity contribution in [1.29, 1.82) is 0 Å². The minimum Gasteiger partial charge on any atom is -0.496 e. The van der Waals surface area contributed by atoms with Gasteiger partial charge in [-0.1, -0.05) is 6.07 Å². The molecule has 94 valence electrons. The van der Waals surface area contributed by atoms with E-state index in [9.17, 15) is 0 Å². The van der Waals surface area contributed by atoms with Gasteiger partial charge >= 0.3 is 0 Å². The average molecular weight is 234 g/mol. The van der Waals surface area contributed by atoms with Crippen molar-refractivity contribution in [3.05, 3.63) is 23.8 Å². The van der Waals surface area contributed by atoms with Crippen molar-refractivity contribution in [2.24, 2.45) is 0 Å². The van der Waals surface area contributed by atoms with E-state index in [0.717, 1.165) is 5.75 Å². The minimum absolute atomic E-state index is 0.294. The predicted octanol–water partition coefficient (Wildman–Crippen LogP) is 2.57. The lowest BCUT2D eigenvalue weighted by Crippen LogP contribution is -2.24. The van der Waals surface area contributed by atoms with Gasteiger partial charge in [-0.2, -0.15) is 0 Å². The molecule has 1 atom stereocenters. The molecule has 1 saturated carbocycles. The molecule has 0 saturated heterocycles. The Hall–Kier alpha value is -1.22. The van der Waals surface area contributed by atoms with E-state index >= 15 is 0 Å². The molecule has 1 unspecified atom stereocenters. The Bertz CT molecular complexity index is 388. The van der Waals surface area contributed by atoms with Crippen molar-refractivity contribution in [1.82, 2.24) is 5.32 Å². The van der Waals surface area contributed by atoms with Crippen LogP contribution in [0.2, 0.25) is 0 Å². The highest BCUT2D eigenvalue weighted by molar-refractivity contribution is 5.61. The Morgan fingerprint density at radius 1 is 1.41 bits per heavy atom. The van der Waals surface area contributed by atoms with Gasteiger partial charge in [0.25, 0.3) is 0 Å². The minimum atomic E-state index is 0.294. The van der Waals surface area contributed by atoms with Crippen LogP contribution in [-0.2, 0) is 0 Å². The number of ether oxygens (including phenoxy) is 1. The summed E-state index contributed by atoms with van der Waals surface area (Å²) in [5, 5.41) is 3.30. The molecule has 0 aromatic heterocycles. The Kier molecular flexibility index (Phi) is 3.57. The van der Waals surface area contributed by atoms with Crippen molar-refractivity contribution in [2.75, 3.05) is 26.1 Å². The highest BCUT2D eigenvalue weighted by Crippen LogP contribution is 2.38. The van der Waals surface area contributed by atoms with Crippen molar-refractivity contribution in [3.8, 4) is 5.75 Å². The highest BCUT2D eigenvalue weighted by Gasteiger charge is 2.29. The number of rotatable bonds is 5. The highest BCUT2D eigenvalue weighted by atomic mass is 16.5. The quantitative estimate of drug-likeness (QED) is 0.847. The monoisotopic (exact) mass is 234 g/mol. The van der Waals surface area contributed by atoms with Crippen molar-refractivity contribution in [3.63, 3.8) is 0 Å². The lowest BCUT2D eigenvalue weighted by molar-refractivity contribution is 0.404. The summed E-state index contributed by atoms with van der Waals surface area (Å²) in [6.45, 7) is 2.17. The number of nitrogens with one attached hydrogen (secondary N) is 1. The summed E-state index contributed by atoms with van der Waals surface area (Å²) in [5.74, 6) is 0.969. The summed E-state index contributed by atoms with van der Waals surface area (Å²) < 4.78 is 5.49. The number of benzene rings is 1. The zero-order valence-electron chi connectivity index (χ0n) is 11.2. The molecular formula is C14H22N2O. The molecule has 0 spiro atoms. The summed E-state index contributed by atoms with van der Waals surface area (Å²) in [6.07, 6.45) is 2.61. The standard InChI is InChI=1S/C14H22N2O/c1-10(15-2)14-12(16(3)11-8-9-11)6-5-7-13(14)17-4/h5-7,10-11,15H,8-9H2,1-4H3. The first-order valence-corrected chi connectivity index (χ1v) is 6.26. The molecule has 1 aromatic rings. The molecule has 17 heavy (non-hydrogen) atoms. The van der Waals surface area contributed by atoms with Crippen LogP contribution in [0.1, 0.15) is 31.4 Å². The van der Waals surface area contributed by atoms with Gasteiger partial charge in [0, 0.05) is 30.4 Å². The van der Waals surface area contributed by atoms with E-state index in [1.165, 1.54) is 24.1 Å². The van der Waals surface area contributed by atoms with Crippen LogP contribution in [0.5, 0.6) is 5.75 Å². The normalized spacial score (nSPS) is 16.7. The van der Waals surface area contributed by atoms with E-state index in [2.05, 4.69) is 36.3 Å². The summed E-state index contributed by atoms with van der Waals surface area (Å²) in [5.41, 5.74) is 2.54. The second kappa shape index (κ2) is 4.96. The van der Waals surface area contributed by atoms with Crippen LogP contribution in [0, 0.1) is 0 Å². The molecule has 0 bridgehead atoms. The van der Waals surface area contributed by atoms with Gasteiger partial charge in [0.15, 0.2) is 0 Å². The average Bonchev–Trinajstić information content (AvgIpc) is 3.20. The second-order valence-corrected chi connectivity index (χ2v) is 4.75. The maximum absolute atomic E-state index is 5.49. The number of anilines is 1. The van der Waals surface area contributed by atoms with Gasteiger partial charge in [0.05, 0.1) is 7.11 Å². The van der Waals surface area contributed by atoms with E-state index in [-0.39, 0.29) is 0 Å². The van der Waals surface area contributed by atoms with Crippen LogP contribution in [-0.4, -0.2) is 27.2 Å². The van der Waals surface area contributed by atoms with Crippen LogP contribution in [0.25, 0.3) is 0 Å². The molecule has 1 aliphatic carbocycles. The third-order valence-corrected chi connectivity index (χ3v) is 3.60. The van der Waals surface area contributed by atoms with E-state index < -0.39 is 0 Å². The van der Waals surface area contributed by atoms with E-state index in [1.807, 2.05) is 13.1 Å². The summed E-state index contributed by atoms with van der Waals surface area (Å²) in [4.78, 5) is 2.38. The molecule has 0 aliphatic heterocycles. The molecular weight excluding hydrogens is 212 g/mol. The van der Waals surface area contributed by atoms with Crippen molar-refractivity contribution >= 4 is 5.69 Å². The van der Waals surface area contributed by atoms with Gasteiger partial charge in [-0.25, -0.2) is 0 Å². The van der Waals surface area contributed by atoms with E-state index in [4.69, 9.17) is 4.74 Å². The fourth-order valence-electron chi connectivity index (χ4n) is 2.26. The van der Waals surface area contributed by atoms with Crippen LogP contribution in [0.3, 0.4) is 0 Å². The second-order valence-electron chi connectivity index (χ2n) is 4.75. The third-order valence-electron chi connectivity index (χ3n) is 3.60. The predicted molar refractivity (Wildman–Crippen MR) is 71.9 cm³/mol. The Morgan fingerprint density at radius 3 is 2.65 bits per heavy atom. The molecule has 1 aromatic carbocycles. The third kappa shape index (κ3) is 2.39. The maximum atomic E-state index is 5.49. The zero-order chi connectivity index (χ0) is 12.4. The lowest BCUT2D eigenvalue weighted by Gasteiger charge is -2.26. The Balaban J connectivity index is 2.41. The first-order chi connectivity index (χ1) is 8.19. The van der Waals surface area contributed by atoms with Gasteiger partial charge in [0.2, 0.25) is 0 Å². The number of methoxy groups -OCH3 is 1. The SMILES string of the molecule is CNC(C)c1c(OC)cccc1N(C)C1CC1. The summed E-state index contributed by atoms with van der Waals surface area (Å²) in [6, 6.07) is 7.29. The summed E-state index contributed by atoms with van der Waals surface area (Å²) >= 11 is 0. The van der Waals surface area contributed by atoms with Crippen LogP contribution in [0.4, 0.5) is 5.69 Å². The smallest absolute Gasteiger partial charge is 0.125 e. The first kappa shape index (κ1) is 12.2. The topological polar surface area (TPSA) is 24.5 Å². The Labute approximate surface area is 104 Å². The zero-order valence-corrected chi connectivity index (χ0v) is 11.2. The fraction of sp³-hybridized carbons (Fsp3) is 0.571. The molecule has 3 heteroatoms. The maximum Gasteiger partial charge on any atom is 0.125 e. The Morgan fingerprint density at radius 2 is 2.12 bits per heavy atom. The van der Waals surface area contributed by atoms with Gasteiger partial charge in [-0.15, -0.1) is 0 Å². The summed E-state index contributed by atoms with van der Waals surface area (Å²) in [7, 11) is 5.90. The molecule has 0 heterocycles. The molecule has 0 radical (unpaired) electrons. The number of hydrogen-bond acceptors (Lipinski definition) is 3. The van der Waals surface area contributed by atoms with Crippen LogP contribution in [0.15, 0.2) is 18.2 Å². The van der Waals surface area contributed by atoms with Crippen molar-refractivity contribution < 1.29 is 4.74 Å². The molecule has 3 nitrogen and oxygen atoms in total. The number of hydrogen-bond donors (Lipinski definition) is 1. The largest absolute Gasteiger partial charge is 0.496 e. The molecule has 0 amide bonds. The van der Waals surface area contributed by atoms with Crippen LogP contribution < -0.4 is 15.0 Å². The van der Waals surface area contributed by atoms with Gasteiger partial charge in [0.1, 0.15) is 5.75 Å². The number of nitrogens with zero attached hydrogens (tertiary/aromatic N) is 1. The van der Waals surface area contributed by atoms with Gasteiger partial charge in [-0.05, 0) is 38.9 Å². The molecule has 2 rings (SSSR count). The van der Waals surface area contributed by atoms with Crippen molar-refractivity contribution in [2.45, 2.75) is 31.8 Å². The molecule has 1 fully saturated rings. The van der Waals surface area contributed by atoms with E-state index in [1.54, 1.807) is 7.11 Å². The van der Waals surface area contributed by atoms with Crippen LogP contribution >= 0.6 is 0 Å². The molecule has 1 aliphatic rings. The lowest BCUT2D eigenvalue weighted by atomic mass is 10.0. The first-order valence-electron chi connectivity index (χ1n) is 6.26. The van der Waals surface area contributed by atoms with Gasteiger partial charge in [-0.3, -0.25) is 0 Å². The van der Waals surface area contributed by atoms with Gasteiger partial charge < -0.3 is 15.0 Å².